The highest BCUT2D eigenvalue weighted by molar-refractivity contribution is 6.33. The van der Waals surface area contributed by atoms with Crippen molar-refractivity contribution in [2.45, 2.75) is 18.8 Å². The van der Waals surface area contributed by atoms with Crippen LogP contribution in [0.2, 0.25) is 5.02 Å². The van der Waals surface area contributed by atoms with Gasteiger partial charge in [-0.1, -0.05) is 11.6 Å². The van der Waals surface area contributed by atoms with Crippen LogP contribution in [0, 0.1) is 0 Å². The first-order valence-electron chi connectivity index (χ1n) is 6.13. The average molecular weight is 280 g/mol. The second-order valence-corrected chi connectivity index (χ2v) is 5.11. The Morgan fingerprint density at radius 1 is 1.26 bits per heavy atom. The topological polar surface area (TPSA) is 51.3 Å². The number of benzene rings is 1. The first kappa shape index (κ1) is 12.4. The van der Waals surface area contributed by atoms with Crippen molar-refractivity contribution in [3.05, 3.63) is 33.1 Å². The normalized spacial score (nSPS) is 14.7. The molecule has 1 aliphatic rings. The lowest BCUT2D eigenvalue weighted by Crippen LogP contribution is -2.07. The zero-order valence-electron chi connectivity index (χ0n) is 10.7. The summed E-state index contributed by atoms with van der Waals surface area (Å²) >= 11 is 6.12. The number of pyridine rings is 1. The molecule has 0 amide bonds. The summed E-state index contributed by atoms with van der Waals surface area (Å²) in [6.45, 7) is 0. The smallest absolute Gasteiger partial charge is 0.193 e. The maximum absolute atomic E-state index is 12.3. The van der Waals surface area contributed by atoms with Crippen LogP contribution in [0.4, 0.5) is 0 Å². The van der Waals surface area contributed by atoms with Gasteiger partial charge in [0.2, 0.25) is 0 Å². The Morgan fingerprint density at radius 3 is 2.58 bits per heavy atom. The maximum atomic E-state index is 12.3. The molecule has 1 aliphatic carbocycles. The fourth-order valence-corrected chi connectivity index (χ4v) is 2.61. The van der Waals surface area contributed by atoms with Crippen molar-refractivity contribution in [2.75, 3.05) is 14.2 Å². The van der Waals surface area contributed by atoms with Crippen LogP contribution in [-0.2, 0) is 0 Å². The molecule has 100 valence electrons. The lowest BCUT2D eigenvalue weighted by atomic mass is 10.1. The Bertz CT molecular complexity index is 704. The van der Waals surface area contributed by atoms with Gasteiger partial charge in [-0.25, -0.2) is 0 Å². The third-order valence-corrected chi connectivity index (χ3v) is 3.72. The zero-order chi connectivity index (χ0) is 13.6. The first-order valence-corrected chi connectivity index (χ1v) is 6.51. The molecule has 3 rings (SSSR count). The molecule has 0 saturated heterocycles. The Balaban J connectivity index is 2.40. The van der Waals surface area contributed by atoms with E-state index in [-0.39, 0.29) is 5.43 Å². The molecule has 1 aromatic carbocycles. The Morgan fingerprint density at radius 2 is 2.00 bits per heavy atom. The number of halogens is 1. The first-order chi connectivity index (χ1) is 9.15. The van der Waals surface area contributed by atoms with Crippen LogP contribution in [0.3, 0.4) is 0 Å². The van der Waals surface area contributed by atoms with Crippen molar-refractivity contribution in [2.24, 2.45) is 0 Å². The van der Waals surface area contributed by atoms with Gasteiger partial charge in [-0.2, -0.15) is 0 Å². The van der Waals surface area contributed by atoms with Crippen molar-refractivity contribution in [3.63, 3.8) is 0 Å². The molecular weight excluding hydrogens is 266 g/mol. The van der Waals surface area contributed by atoms with Crippen LogP contribution in [0.25, 0.3) is 10.9 Å². The van der Waals surface area contributed by atoms with Gasteiger partial charge in [0.15, 0.2) is 11.2 Å². The van der Waals surface area contributed by atoms with Crippen molar-refractivity contribution < 1.29 is 9.47 Å². The van der Waals surface area contributed by atoms with Gasteiger partial charge in [-0.3, -0.25) is 4.79 Å². The van der Waals surface area contributed by atoms with Gasteiger partial charge in [-0.15, -0.1) is 0 Å². The molecular formula is C14H14ClNO3. The minimum Gasteiger partial charge on any atom is -0.494 e. The number of H-pyrrole nitrogens is 1. The van der Waals surface area contributed by atoms with Crippen LogP contribution in [-0.4, -0.2) is 19.2 Å². The van der Waals surface area contributed by atoms with E-state index in [4.69, 9.17) is 21.1 Å². The molecule has 5 heteroatoms. The van der Waals surface area contributed by atoms with Gasteiger partial charge in [0, 0.05) is 17.8 Å². The second kappa shape index (κ2) is 4.46. The third kappa shape index (κ3) is 1.96. The number of ether oxygens (including phenoxy) is 2. The van der Waals surface area contributed by atoms with E-state index in [9.17, 15) is 4.79 Å². The lowest BCUT2D eigenvalue weighted by Gasteiger charge is -2.12. The Kier molecular flexibility index (Phi) is 2.90. The summed E-state index contributed by atoms with van der Waals surface area (Å²) in [7, 11) is 3.06. The molecule has 0 atom stereocenters. The molecule has 0 aliphatic heterocycles. The van der Waals surface area contributed by atoms with Crippen molar-refractivity contribution >= 4 is 22.5 Å². The third-order valence-electron chi connectivity index (χ3n) is 3.44. The van der Waals surface area contributed by atoms with E-state index < -0.39 is 0 Å². The quantitative estimate of drug-likeness (QED) is 0.939. The van der Waals surface area contributed by atoms with Crippen molar-refractivity contribution in [3.8, 4) is 11.5 Å². The molecule has 0 radical (unpaired) electrons. The van der Waals surface area contributed by atoms with Gasteiger partial charge in [0.05, 0.1) is 30.1 Å². The van der Waals surface area contributed by atoms with E-state index in [1.807, 2.05) is 0 Å². The molecule has 2 aromatic rings. The predicted octanol–water partition coefficient (Wildman–Crippen LogP) is 3.08. The van der Waals surface area contributed by atoms with E-state index in [1.54, 1.807) is 19.2 Å². The summed E-state index contributed by atoms with van der Waals surface area (Å²) in [4.78, 5) is 15.6. The number of nitrogens with one attached hydrogen (secondary N) is 1. The zero-order valence-corrected chi connectivity index (χ0v) is 11.5. The summed E-state index contributed by atoms with van der Waals surface area (Å²) in [5, 5.41) is 0.813. The molecule has 0 unspecified atom stereocenters. The monoisotopic (exact) mass is 279 g/mol. The highest BCUT2D eigenvalue weighted by Crippen LogP contribution is 2.41. The molecule has 1 N–H and O–H groups in total. The summed E-state index contributed by atoms with van der Waals surface area (Å²) in [5.41, 5.74) is 1.52. The number of rotatable bonds is 3. The number of aromatic nitrogens is 1. The van der Waals surface area contributed by atoms with E-state index in [0.29, 0.717) is 33.3 Å². The number of fused-ring (bicyclic) bond motifs is 1. The van der Waals surface area contributed by atoms with Crippen LogP contribution in [0.5, 0.6) is 11.5 Å². The van der Waals surface area contributed by atoms with Crippen molar-refractivity contribution in [1.82, 2.24) is 4.98 Å². The average Bonchev–Trinajstić information content (AvgIpc) is 3.22. The number of aromatic amines is 1. The molecule has 1 fully saturated rings. The summed E-state index contributed by atoms with van der Waals surface area (Å²) in [5.74, 6) is 1.41. The second-order valence-electron chi connectivity index (χ2n) is 4.71. The SMILES string of the molecule is COc1cc(Cl)c(OC)c2c(=O)cc(C3CC3)[nH]c12. The highest BCUT2D eigenvalue weighted by Gasteiger charge is 2.26. The summed E-state index contributed by atoms with van der Waals surface area (Å²) < 4.78 is 10.6. The Hall–Kier alpha value is -1.68. The number of hydrogen-bond acceptors (Lipinski definition) is 3. The molecule has 1 aromatic heterocycles. The lowest BCUT2D eigenvalue weighted by molar-refractivity contribution is 0.409. The van der Waals surface area contributed by atoms with Crippen LogP contribution in [0.15, 0.2) is 16.9 Å². The van der Waals surface area contributed by atoms with Gasteiger partial charge in [0.1, 0.15) is 5.75 Å². The van der Waals surface area contributed by atoms with Gasteiger partial charge in [-0.05, 0) is 18.8 Å². The molecule has 19 heavy (non-hydrogen) atoms. The summed E-state index contributed by atoms with van der Waals surface area (Å²) in [6, 6.07) is 3.30. The number of methoxy groups -OCH3 is 2. The van der Waals surface area contributed by atoms with Gasteiger partial charge >= 0.3 is 0 Å². The number of hydrogen-bond donors (Lipinski definition) is 1. The van der Waals surface area contributed by atoms with Crippen molar-refractivity contribution in [1.29, 1.82) is 0 Å². The molecule has 0 bridgehead atoms. The molecule has 4 nitrogen and oxygen atoms in total. The van der Waals surface area contributed by atoms with E-state index in [1.165, 1.54) is 7.11 Å². The maximum Gasteiger partial charge on any atom is 0.193 e. The fourth-order valence-electron chi connectivity index (χ4n) is 2.34. The minimum atomic E-state index is -0.0895. The van der Waals surface area contributed by atoms with Gasteiger partial charge in [0.25, 0.3) is 0 Å². The van der Waals surface area contributed by atoms with Crippen LogP contribution < -0.4 is 14.9 Å². The molecule has 0 spiro atoms. The van der Waals surface area contributed by atoms with Crippen LogP contribution in [0.1, 0.15) is 24.5 Å². The Labute approximate surface area is 115 Å². The summed E-state index contributed by atoms with van der Waals surface area (Å²) in [6.07, 6.45) is 2.24. The molecule has 1 heterocycles. The standard InChI is InChI=1S/C14H14ClNO3/c1-18-11-5-8(15)14(19-2)12-10(17)6-9(7-3-4-7)16-13(11)12/h5-7H,3-4H2,1-2H3,(H,16,17). The van der Waals surface area contributed by atoms with Crippen LogP contribution >= 0.6 is 11.6 Å². The fraction of sp³-hybridized carbons (Fsp3) is 0.357. The molecule has 1 saturated carbocycles. The van der Waals surface area contributed by atoms with E-state index in [2.05, 4.69) is 4.98 Å². The predicted molar refractivity (Wildman–Crippen MR) is 74.7 cm³/mol. The van der Waals surface area contributed by atoms with E-state index >= 15 is 0 Å². The van der Waals surface area contributed by atoms with Gasteiger partial charge < -0.3 is 14.5 Å². The van der Waals surface area contributed by atoms with E-state index in [0.717, 1.165) is 18.5 Å². The minimum absolute atomic E-state index is 0.0895. The highest BCUT2D eigenvalue weighted by atomic mass is 35.5. The largest absolute Gasteiger partial charge is 0.494 e.